The minimum atomic E-state index is 0.0545. The lowest BCUT2D eigenvalue weighted by Crippen LogP contribution is -2.22. The number of benzene rings is 1. The second kappa shape index (κ2) is 4.49. The zero-order chi connectivity index (χ0) is 13.6. The minimum Gasteiger partial charge on any atom is -0.322 e. The summed E-state index contributed by atoms with van der Waals surface area (Å²) in [5, 5.41) is 4.73. The molecule has 1 aromatic carbocycles. The number of hydrogen-bond acceptors (Lipinski definition) is 2. The monoisotopic (exact) mass is 255 g/mol. The van der Waals surface area contributed by atoms with Gasteiger partial charge in [-0.25, -0.2) is 0 Å². The molecular weight excluding hydrogens is 234 g/mol. The number of fused-ring (bicyclic) bond motifs is 1. The molecule has 0 bridgehead atoms. The van der Waals surface area contributed by atoms with Gasteiger partial charge in [-0.05, 0) is 43.4 Å². The van der Waals surface area contributed by atoms with E-state index in [1.54, 1.807) is 0 Å². The number of rotatable bonds is 2. The smallest absolute Gasteiger partial charge is 0.0755 e. The Bertz CT molecular complexity index is 612. The van der Waals surface area contributed by atoms with E-state index in [0.717, 1.165) is 18.5 Å². The molecule has 0 saturated carbocycles. The quantitative estimate of drug-likeness (QED) is 0.896. The first-order chi connectivity index (χ1) is 9.13. The van der Waals surface area contributed by atoms with Crippen molar-refractivity contribution in [3.63, 3.8) is 0 Å². The molecule has 3 nitrogen and oxygen atoms in total. The lowest BCUT2D eigenvalue weighted by molar-refractivity contribution is 0.401. The zero-order valence-electron chi connectivity index (χ0n) is 11.9. The average molecular weight is 255 g/mol. The van der Waals surface area contributed by atoms with Crippen molar-refractivity contribution < 1.29 is 0 Å². The minimum absolute atomic E-state index is 0.0545. The van der Waals surface area contributed by atoms with Crippen LogP contribution in [0.25, 0.3) is 0 Å². The fourth-order valence-corrected chi connectivity index (χ4v) is 3.38. The maximum Gasteiger partial charge on any atom is 0.0755 e. The number of aromatic nitrogens is 2. The van der Waals surface area contributed by atoms with E-state index in [1.807, 2.05) is 0 Å². The lowest BCUT2D eigenvalue weighted by atomic mass is 10.1. The molecule has 2 atom stereocenters. The van der Waals surface area contributed by atoms with Gasteiger partial charge in [-0.3, -0.25) is 4.68 Å². The van der Waals surface area contributed by atoms with Crippen LogP contribution >= 0.6 is 0 Å². The molecule has 0 saturated heterocycles. The SMILES string of the molecule is CCc1c(C)nn(C2Cc3ccccc3C2N)c1C. The van der Waals surface area contributed by atoms with Crippen LogP contribution in [-0.2, 0) is 12.8 Å². The molecule has 3 rings (SSSR count). The highest BCUT2D eigenvalue weighted by molar-refractivity contribution is 5.37. The Morgan fingerprint density at radius 3 is 2.68 bits per heavy atom. The van der Waals surface area contributed by atoms with E-state index < -0.39 is 0 Å². The number of nitrogens with two attached hydrogens (primary N) is 1. The summed E-state index contributed by atoms with van der Waals surface area (Å²) in [5.41, 5.74) is 12.9. The summed E-state index contributed by atoms with van der Waals surface area (Å²) in [6, 6.07) is 8.80. The van der Waals surface area contributed by atoms with Gasteiger partial charge >= 0.3 is 0 Å². The van der Waals surface area contributed by atoms with Gasteiger partial charge in [0.05, 0.1) is 17.8 Å². The molecule has 0 radical (unpaired) electrons. The van der Waals surface area contributed by atoms with Crippen LogP contribution in [0.4, 0.5) is 0 Å². The fraction of sp³-hybridized carbons (Fsp3) is 0.438. The summed E-state index contributed by atoms with van der Waals surface area (Å²) in [7, 11) is 0. The summed E-state index contributed by atoms with van der Waals surface area (Å²) in [5.74, 6) is 0. The van der Waals surface area contributed by atoms with Gasteiger partial charge in [0.25, 0.3) is 0 Å². The number of nitrogens with zero attached hydrogens (tertiary/aromatic N) is 2. The summed E-state index contributed by atoms with van der Waals surface area (Å²) in [6.45, 7) is 6.44. The largest absolute Gasteiger partial charge is 0.322 e. The van der Waals surface area contributed by atoms with E-state index in [1.165, 1.54) is 22.4 Å². The van der Waals surface area contributed by atoms with Crippen LogP contribution in [0.3, 0.4) is 0 Å². The zero-order valence-corrected chi connectivity index (χ0v) is 11.9. The summed E-state index contributed by atoms with van der Waals surface area (Å²) < 4.78 is 2.15. The van der Waals surface area contributed by atoms with Crippen LogP contribution < -0.4 is 5.73 Å². The molecule has 0 aliphatic heterocycles. The Hall–Kier alpha value is -1.61. The van der Waals surface area contributed by atoms with Gasteiger partial charge in [0, 0.05) is 5.69 Å². The molecule has 19 heavy (non-hydrogen) atoms. The van der Waals surface area contributed by atoms with Crippen LogP contribution in [0.1, 0.15) is 47.1 Å². The van der Waals surface area contributed by atoms with E-state index in [4.69, 9.17) is 10.8 Å². The maximum absolute atomic E-state index is 6.43. The van der Waals surface area contributed by atoms with E-state index in [2.05, 4.69) is 49.7 Å². The van der Waals surface area contributed by atoms with E-state index in [-0.39, 0.29) is 12.1 Å². The Kier molecular flexibility index (Phi) is 2.94. The third kappa shape index (κ3) is 1.80. The second-order valence-corrected chi connectivity index (χ2v) is 5.44. The van der Waals surface area contributed by atoms with Gasteiger partial charge < -0.3 is 5.73 Å². The van der Waals surface area contributed by atoms with Gasteiger partial charge in [-0.15, -0.1) is 0 Å². The lowest BCUT2D eigenvalue weighted by Gasteiger charge is -2.18. The molecule has 0 fully saturated rings. The van der Waals surface area contributed by atoms with Gasteiger partial charge in [0.2, 0.25) is 0 Å². The van der Waals surface area contributed by atoms with Crippen molar-refractivity contribution in [3.8, 4) is 0 Å². The summed E-state index contributed by atoms with van der Waals surface area (Å²) in [4.78, 5) is 0. The second-order valence-electron chi connectivity index (χ2n) is 5.44. The van der Waals surface area contributed by atoms with Crippen molar-refractivity contribution in [2.45, 2.75) is 45.7 Å². The highest BCUT2D eigenvalue weighted by Gasteiger charge is 2.32. The summed E-state index contributed by atoms with van der Waals surface area (Å²) >= 11 is 0. The van der Waals surface area contributed by atoms with Gasteiger partial charge in [-0.2, -0.15) is 5.10 Å². The van der Waals surface area contributed by atoms with Crippen molar-refractivity contribution in [1.82, 2.24) is 9.78 Å². The third-order valence-electron chi connectivity index (χ3n) is 4.40. The van der Waals surface area contributed by atoms with Gasteiger partial charge in [0.1, 0.15) is 0 Å². The van der Waals surface area contributed by atoms with Crippen molar-refractivity contribution in [2.24, 2.45) is 5.73 Å². The Balaban J connectivity index is 2.02. The fourth-order valence-electron chi connectivity index (χ4n) is 3.38. The van der Waals surface area contributed by atoms with Crippen LogP contribution in [0, 0.1) is 13.8 Å². The highest BCUT2D eigenvalue weighted by atomic mass is 15.3. The molecule has 2 aromatic rings. The van der Waals surface area contributed by atoms with Crippen LogP contribution in [-0.4, -0.2) is 9.78 Å². The molecule has 1 aliphatic rings. The molecule has 1 aliphatic carbocycles. The van der Waals surface area contributed by atoms with E-state index in [9.17, 15) is 0 Å². The molecule has 1 heterocycles. The number of hydrogen-bond donors (Lipinski definition) is 1. The molecule has 0 amide bonds. The first-order valence-electron chi connectivity index (χ1n) is 7.01. The normalized spacial score (nSPS) is 21.7. The Morgan fingerprint density at radius 1 is 1.32 bits per heavy atom. The molecule has 2 N–H and O–H groups in total. The first-order valence-corrected chi connectivity index (χ1v) is 7.01. The van der Waals surface area contributed by atoms with Crippen molar-refractivity contribution in [1.29, 1.82) is 0 Å². The molecule has 3 heteroatoms. The van der Waals surface area contributed by atoms with Crippen molar-refractivity contribution in [2.75, 3.05) is 0 Å². The van der Waals surface area contributed by atoms with E-state index >= 15 is 0 Å². The molecule has 2 unspecified atom stereocenters. The maximum atomic E-state index is 6.43. The molecule has 0 spiro atoms. The topological polar surface area (TPSA) is 43.8 Å². The predicted molar refractivity (Wildman–Crippen MR) is 77.2 cm³/mol. The average Bonchev–Trinajstić information content (AvgIpc) is 2.88. The van der Waals surface area contributed by atoms with Gasteiger partial charge in [-0.1, -0.05) is 31.2 Å². The van der Waals surface area contributed by atoms with Crippen LogP contribution in [0.5, 0.6) is 0 Å². The highest BCUT2D eigenvalue weighted by Crippen LogP contribution is 2.38. The van der Waals surface area contributed by atoms with E-state index in [0.29, 0.717) is 0 Å². The van der Waals surface area contributed by atoms with Crippen molar-refractivity contribution >= 4 is 0 Å². The third-order valence-corrected chi connectivity index (χ3v) is 4.40. The predicted octanol–water partition coefficient (Wildman–Crippen LogP) is 2.86. The standard InChI is InChI=1S/C16H21N3/c1-4-13-10(2)18-19(11(13)3)15-9-12-7-5-6-8-14(12)16(15)17/h5-8,15-16H,4,9,17H2,1-3H3. The van der Waals surface area contributed by atoms with Gasteiger partial charge in [0.15, 0.2) is 0 Å². The summed E-state index contributed by atoms with van der Waals surface area (Å²) in [6.07, 6.45) is 2.02. The van der Waals surface area contributed by atoms with Crippen molar-refractivity contribution in [3.05, 3.63) is 52.3 Å². The number of aryl methyl sites for hydroxylation is 1. The molecule has 100 valence electrons. The molecular formula is C16H21N3. The first kappa shape index (κ1) is 12.4. The molecule has 1 aromatic heterocycles. The van der Waals surface area contributed by atoms with Crippen LogP contribution in [0.15, 0.2) is 24.3 Å². The van der Waals surface area contributed by atoms with Crippen LogP contribution in [0.2, 0.25) is 0 Å². The Labute approximate surface area is 114 Å². The Morgan fingerprint density at radius 2 is 2.05 bits per heavy atom.